The smallest absolute Gasteiger partial charge is 0.190 e. The van der Waals surface area contributed by atoms with Crippen molar-refractivity contribution < 1.29 is 5.11 Å². The summed E-state index contributed by atoms with van der Waals surface area (Å²) < 4.78 is 0. The van der Waals surface area contributed by atoms with Gasteiger partial charge in [-0.25, -0.2) is 9.97 Å². The van der Waals surface area contributed by atoms with E-state index in [0.29, 0.717) is 16.5 Å². The van der Waals surface area contributed by atoms with E-state index in [0.717, 1.165) is 11.3 Å². The Bertz CT molecular complexity index is 888. The Hall–Kier alpha value is -2.34. The van der Waals surface area contributed by atoms with E-state index in [4.69, 9.17) is 11.6 Å². The van der Waals surface area contributed by atoms with Crippen LogP contribution in [0.4, 0.5) is 11.5 Å². The topological polar surface area (TPSA) is 58.0 Å². The first-order chi connectivity index (χ1) is 12.7. The lowest BCUT2D eigenvalue weighted by molar-refractivity contribution is 0.229. The molecular formula is C20H18ClN3OS. The molecule has 0 aliphatic carbocycles. The van der Waals surface area contributed by atoms with Crippen molar-refractivity contribution in [3.8, 4) is 0 Å². The zero-order valence-electron chi connectivity index (χ0n) is 14.1. The van der Waals surface area contributed by atoms with Gasteiger partial charge in [-0.2, -0.15) is 0 Å². The highest BCUT2D eigenvalue weighted by Crippen LogP contribution is 2.32. The number of nitrogens with one attached hydrogen (secondary N) is 1. The minimum atomic E-state index is -0.940. The molecule has 4 nitrogen and oxygen atoms in total. The third kappa shape index (κ3) is 4.64. The van der Waals surface area contributed by atoms with E-state index in [1.807, 2.05) is 73.0 Å². The summed E-state index contributed by atoms with van der Waals surface area (Å²) in [4.78, 5) is 8.74. The Morgan fingerprint density at radius 2 is 1.69 bits per heavy atom. The van der Waals surface area contributed by atoms with Crippen molar-refractivity contribution >= 4 is 40.9 Å². The van der Waals surface area contributed by atoms with Crippen LogP contribution in [-0.4, -0.2) is 21.3 Å². The van der Waals surface area contributed by atoms with Crippen LogP contribution < -0.4 is 5.32 Å². The van der Waals surface area contributed by atoms with Crippen LogP contribution in [0, 0.1) is 0 Å². The average Bonchev–Trinajstić information content (AvgIpc) is 2.67. The van der Waals surface area contributed by atoms with Crippen molar-refractivity contribution in [2.75, 3.05) is 11.6 Å². The number of thioether (sulfide) groups is 1. The van der Waals surface area contributed by atoms with Gasteiger partial charge in [0.15, 0.2) is 5.16 Å². The average molecular weight is 384 g/mol. The van der Waals surface area contributed by atoms with E-state index >= 15 is 0 Å². The summed E-state index contributed by atoms with van der Waals surface area (Å²) in [7, 11) is 0. The molecule has 0 radical (unpaired) electrons. The Kier molecular flexibility index (Phi) is 6.28. The van der Waals surface area contributed by atoms with Gasteiger partial charge in [-0.3, -0.25) is 0 Å². The van der Waals surface area contributed by atoms with E-state index in [9.17, 15) is 5.11 Å². The summed E-state index contributed by atoms with van der Waals surface area (Å²) in [5.41, 5.74) is 2.29. The number of hydrogen-bond acceptors (Lipinski definition) is 5. The van der Waals surface area contributed by atoms with E-state index in [-0.39, 0.29) is 5.15 Å². The lowest BCUT2D eigenvalue weighted by Crippen LogP contribution is -2.06. The monoisotopic (exact) mass is 383 g/mol. The van der Waals surface area contributed by atoms with E-state index in [2.05, 4.69) is 15.3 Å². The number of aromatic nitrogens is 2. The lowest BCUT2D eigenvalue weighted by Gasteiger charge is -2.16. The highest BCUT2D eigenvalue weighted by molar-refractivity contribution is 7.98. The summed E-state index contributed by atoms with van der Waals surface area (Å²) in [6.45, 7) is 0. The molecule has 0 saturated heterocycles. The molecule has 1 unspecified atom stereocenters. The molecule has 0 saturated carbocycles. The van der Waals surface area contributed by atoms with Crippen LogP contribution in [0.2, 0.25) is 5.15 Å². The third-order valence-corrected chi connectivity index (χ3v) is 4.50. The SMILES string of the molecule is CSc1nc(Cl)c(C(O)/C=C/c2ccccc2)c(Nc2ccccc2)n1. The summed E-state index contributed by atoms with van der Waals surface area (Å²) in [5, 5.41) is 14.7. The number of hydrogen-bond donors (Lipinski definition) is 2. The number of para-hydroxylation sites is 1. The van der Waals surface area contributed by atoms with Crippen LogP contribution in [0.1, 0.15) is 17.2 Å². The number of rotatable bonds is 6. The first-order valence-corrected chi connectivity index (χ1v) is 9.62. The molecule has 0 aliphatic heterocycles. The molecule has 3 rings (SSSR count). The van der Waals surface area contributed by atoms with Crippen molar-refractivity contribution in [2.24, 2.45) is 0 Å². The quantitative estimate of drug-likeness (QED) is 0.341. The summed E-state index contributed by atoms with van der Waals surface area (Å²) in [6, 6.07) is 19.4. The molecule has 0 amide bonds. The minimum absolute atomic E-state index is 0.230. The molecule has 3 aromatic rings. The molecule has 0 aliphatic rings. The van der Waals surface area contributed by atoms with Gasteiger partial charge in [0.1, 0.15) is 17.1 Å². The third-order valence-electron chi connectivity index (χ3n) is 3.66. The van der Waals surface area contributed by atoms with Crippen molar-refractivity contribution in [1.82, 2.24) is 9.97 Å². The van der Waals surface area contributed by atoms with Gasteiger partial charge in [-0.05, 0) is 24.0 Å². The fourth-order valence-electron chi connectivity index (χ4n) is 2.39. The standard InChI is InChI=1S/C20H18ClN3OS/c1-26-20-23-18(21)17(16(25)13-12-14-8-4-2-5-9-14)19(24-20)22-15-10-6-3-7-11-15/h2-13,16,25H,1H3,(H,22,23,24)/b13-12+. The molecule has 2 N–H and O–H groups in total. The van der Waals surface area contributed by atoms with E-state index < -0.39 is 6.10 Å². The lowest BCUT2D eigenvalue weighted by atomic mass is 10.1. The number of halogens is 1. The van der Waals surface area contributed by atoms with Gasteiger partial charge in [0.25, 0.3) is 0 Å². The Labute approximate surface area is 162 Å². The second kappa shape index (κ2) is 8.85. The van der Waals surface area contributed by atoms with Crippen LogP contribution in [0.15, 0.2) is 71.9 Å². The van der Waals surface area contributed by atoms with Gasteiger partial charge in [0, 0.05) is 5.69 Å². The Balaban J connectivity index is 1.95. The van der Waals surface area contributed by atoms with Crippen molar-refractivity contribution in [3.05, 3.63) is 83.0 Å². The second-order valence-electron chi connectivity index (χ2n) is 5.47. The van der Waals surface area contributed by atoms with Crippen LogP contribution >= 0.6 is 23.4 Å². The fourth-order valence-corrected chi connectivity index (χ4v) is 3.09. The molecule has 132 valence electrons. The number of benzene rings is 2. The van der Waals surface area contributed by atoms with E-state index in [1.165, 1.54) is 11.8 Å². The molecule has 1 atom stereocenters. The molecule has 1 aromatic heterocycles. The van der Waals surface area contributed by atoms with Gasteiger partial charge in [0.2, 0.25) is 0 Å². The Morgan fingerprint density at radius 1 is 1.04 bits per heavy atom. The van der Waals surface area contributed by atoms with Crippen LogP contribution in [0.25, 0.3) is 6.08 Å². The molecule has 0 bridgehead atoms. The first kappa shape index (κ1) is 18.5. The molecule has 0 fully saturated rings. The predicted molar refractivity (Wildman–Crippen MR) is 109 cm³/mol. The largest absolute Gasteiger partial charge is 0.384 e. The summed E-state index contributed by atoms with van der Waals surface area (Å²) >= 11 is 7.75. The fraction of sp³-hybridized carbons (Fsp3) is 0.100. The zero-order chi connectivity index (χ0) is 18.4. The highest BCUT2D eigenvalue weighted by atomic mass is 35.5. The van der Waals surface area contributed by atoms with Crippen molar-refractivity contribution in [2.45, 2.75) is 11.3 Å². The molecule has 1 heterocycles. The van der Waals surface area contributed by atoms with Crippen LogP contribution in [0.5, 0.6) is 0 Å². The van der Waals surface area contributed by atoms with Gasteiger partial charge < -0.3 is 10.4 Å². The van der Waals surface area contributed by atoms with Gasteiger partial charge in [-0.15, -0.1) is 0 Å². The normalized spacial score (nSPS) is 12.3. The maximum absolute atomic E-state index is 10.7. The zero-order valence-corrected chi connectivity index (χ0v) is 15.7. The summed E-state index contributed by atoms with van der Waals surface area (Å²) in [5.74, 6) is 0.491. The number of nitrogens with zero attached hydrogens (tertiary/aromatic N) is 2. The molecule has 2 aromatic carbocycles. The van der Waals surface area contributed by atoms with E-state index in [1.54, 1.807) is 6.08 Å². The molecule has 0 spiro atoms. The molecule has 26 heavy (non-hydrogen) atoms. The van der Waals surface area contributed by atoms with Gasteiger partial charge in [-0.1, -0.05) is 84.0 Å². The van der Waals surface area contributed by atoms with Crippen LogP contribution in [-0.2, 0) is 0 Å². The number of aliphatic hydroxyl groups is 1. The Morgan fingerprint density at radius 3 is 2.35 bits per heavy atom. The van der Waals surface area contributed by atoms with Gasteiger partial charge >= 0.3 is 0 Å². The summed E-state index contributed by atoms with van der Waals surface area (Å²) in [6.07, 6.45) is 4.46. The number of anilines is 2. The number of aliphatic hydroxyl groups excluding tert-OH is 1. The molecule has 6 heteroatoms. The van der Waals surface area contributed by atoms with Crippen molar-refractivity contribution in [3.63, 3.8) is 0 Å². The molecular weight excluding hydrogens is 366 g/mol. The van der Waals surface area contributed by atoms with Crippen LogP contribution in [0.3, 0.4) is 0 Å². The minimum Gasteiger partial charge on any atom is -0.384 e. The first-order valence-electron chi connectivity index (χ1n) is 8.02. The maximum atomic E-state index is 10.7. The maximum Gasteiger partial charge on any atom is 0.190 e. The van der Waals surface area contributed by atoms with Gasteiger partial charge in [0.05, 0.1) is 5.56 Å². The predicted octanol–water partition coefficient (Wildman–Crippen LogP) is 5.34. The highest BCUT2D eigenvalue weighted by Gasteiger charge is 2.19. The second-order valence-corrected chi connectivity index (χ2v) is 6.60. The van der Waals surface area contributed by atoms with Crippen molar-refractivity contribution in [1.29, 1.82) is 0 Å².